The minimum Gasteiger partial charge on any atom is -0.507 e. The largest absolute Gasteiger partial charge is 0.507 e. The summed E-state index contributed by atoms with van der Waals surface area (Å²) in [5.74, 6) is 0.0681. The van der Waals surface area contributed by atoms with E-state index < -0.39 is 17.7 Å². The van der Waals surface area contributed by atoms with Gasteiger partial charge in [0.2, 0.25) is 0 Å². The first-order chi connectivity index (χ1) is 19.0. The Morgan fingerprint density at radius 2 is 1.90 bits per heavy atom. The summed E-state index contributed by atoms with van der Waals surface area (Å²) in [6.45, 7) is 9.05. The number of fused-ring (bicyclic) bond motifs is 1. The van der Waals surface area contributed by atoms with Crippen LogP contribution in [-0.2, 0) is 20.7 Å². The predicted molar refractivity (Wildman–Crippen MR) is 148 cm³/mol. The molecule has 2 unspecified atom stereocenters. The number of aliphatic hydroxyl groups is 1. The Balaban J connectivity index is 1.48. The van der Waals surface area contributed by atoms with Crippen molar-refractivity contribution in [1.82, 2.24) is 9.80 Å². The van der Waals surface area contributed by atoms with Gasteiger partial charge in [-0.25, -0.2) is 0 Å². The van der Waals surface area contributed by atoms with Gasteiger partial charge in [0.1, 0.15) is 23.4 Å². The van der Waals surface area contributed by atoms with Gasteiger partial charge in [0, 0.05) is 38.2 Å². The molecule has 2 aromatic rings. The fraction of sp³-hybridized carbons (Fsp3) is 0.484. The van der Waals surface area contributed by atoms with Gasteiger partial charge >= 0.3 is 0 Å². The summed E-state index contributed by atoms with van der Waals surface area (Å²) < 4.78 is 17.2. The number of likely N-dealkylation sites (tertiary alicyclic amines) is 1. The minimum atomic E-state index is -0.701. The molecule has 2 fully saturated rings. The number of ketones is 1. The Bertz CT molecular complexity index is 1240. The highest BCUT2D eigenvalue weighted by Gasteiger charge is 2.46. The van der Waals surface area contributed by atoms with E-state index in [1.54, 1.807) is 11.0 Å². The lowest BCUT2D eigenvalue weighted by atomic mass is 9.94. The Morgan fingerprint density at radius 3 is 2.69 bits per heavy atom. The Kier molecular flexibility index (Phi) is 8.53. The topological polar surface area (TPSA) is 88.5 Å². The minimum absolute atomic E-state index is 0.0601. The SMILES string of the molecule is CCCCOc1cccc(C2/C(=C(\O)c3ccc4c(c3)CC(C)O4)C(=O)C(=O)N2CCCN2CCOCC2)c1. The van der Waals surface area contributed by atoms with Crippen LogP contribution in [0.1, 0.15) is 55.8 Å². The second-order valence-corrected chi connectivity index (χ2v) is 10.5. The zero-order valence-corrected chi connectivity index (χ0v) is 22.9. The first-order valence-electron chi connectivity index (χ1n) is 14.1. The van der Waals surface area contributed by atoms with Crippen LogP contribution in [0.25, 0.3) is 5.76 Å². The molecule has 0 aromatic heterocycles. The van der Waals surface area contributed by atoms with Crippen LogP contribution in [0.3, 0.4) is 0 Å². The van der Waals surface area contributed by atoms with E-state index >= 15 is 0 Å². The van der Waals surface area contributed by atoms with E-state index in [9.17, 15) is 14.7 Å². The van der Waals surface area contributed by atoms with Crippen LogP contribution in [0.5, 0.6) is 11.5 Å². The molecule has 5 rings (SSSR count). The molecular formula is C31H38N2O6. The molecule has 8 nitrogen and oxygen atoms in total. The van der Waals surface area contributed by atoms with E-state index in [0.29, 0.717) is 44.1 Å². The number of carbonyl (C=O) groups is 2. The van der Waals surface area contributed by atoms with E-state index in [1.165, 1.54) is 0 Å². The number of hydrogen-bond acceptors (Lipinski definition) is 7. The van der Waals surface area contributed by atoms with Crippen LogP contribution < -0.4 is 9.47 Å². The van der Waals surface area contributed by atoms with Crippen molar-refractivity contribution in [2.24, 2.45) is 0 Å². The van der Waals surface area contributed by atoms with Crippen molar-refractivity contribution in [3.8, 4) is 11.5 Å². The molecular weight excluding hydrogens is 496 g/mol. The van der Waals surface area contributed by atoms with Crippen molar-refractivity contribution in [1.29, 1.82) is 0 Å². The van der Waals surface area contributed by atoms with Gasteiger partial charge in [-0.15, -0.1) is 0 Å². The first kappa shape index (κ1) is 27.2. The number of ether oxygens (including phenoxy) is 3. The number of Topliss-reactive ketones (excluding diaryl/α,β-unsaturated/α-hetero) is 1. The summed E-state index contributed by atoms with van der Waals surface area (Å²) in [4.78, 5) is 30.8. The monoisotopic (exact) mass is 534 g/mol. The molecule has 3 aliphatic rings. The standard InChI is InChI=1S/C31H38N2O6/c1-3-4-15-38-25-8-5-7-22(20-25)28-27(29(34)23-9-10-26-24(19-23)18-21(2)39-26)30(35)31(36)33(28)12-6-11-32-13-16-37-17-14-32/h5,7-10,19-21,28,34H,3-4,6,11-18H2,1-2H3/b29-27+. The number of benzene rings is 2. The third-order valence-electron chi connectivity index (χ3n) is 7.63. The maximum absolute atomic E-state index is 13.5. The average molecular weight is 535 g/mol. The maximum Gasteiger partial charge on any atom is 0.295 e. The van der Waals surface area contributed by atoms with Crippen LogP contribution in [0.2, 0.25) is 0 Å². The van der Waals surface area contributed by atoms with Crippen LogP contribution in [0, 0.1) is 0 Å². The lowest BCUT2D eigenvalue weighted by Gasteiger charge is -2.29. The van der Waals surface area contributed by atoms with Crippen LogP contribution in [0.4, 0.5) is 0 Å². The van der Waals surface area contributed by atoms with Gasteiger partial charge in [0.15, 0.2) is 0 Å². The van der Waals surface area contributed by atoms with Crippen molar-refractivity contribution in [2.45, 2.75) is 51.7 Å². The van der Waals surface area contributed by atoms with Crippen LogP contribution in [0.15, 0.2) is 48.0 Å². The quantitative estimate of drug-likeness (QED) is 0.210. The highest BCUT2D eigenvalue weighted by atomic mass is 16.5. The second-order valence-electron chi connectivity index (χ2n) is 10.5. The van der Waals surface area contributed by atoms with Gasteiger partial charge in [-0.3, -0.25) is 14.5 Å². The number of unbranched alkanes of at least 4 members (excludes halogenated alkanes) is 1. The summed E-state index contributed by atoms with van der Waals surface area (Å²) in [5, 5.41) is 11.5. The van der Waals surface area contributed by atoms with E-state index in [0.717, 1.165) is 55.8 Å². The molecule has 2 saturated heterocycles. The van der Waals surface area contributed by atoms with Crippen molar-refractivity contribution in [3.05, 3.63) is 64.7 Å². The number of amides is 1. The van der Waals surface area contributed by atoms with Crippen LogP contribution >= 0.6 is 0 Å². The van der Waals surface area contributed by atoms with Crippen molar-refractivity contribution >= 4 is 17.4 Å². The molecule has 2 aromatic carbocycles. The molecule has 0 radical (unpaired) electrons. The number of carbonyl (C=O) groups excluding carboxylic acids is 2. The smallest absolute Gasteiger partial charge is 0.295 e. The molecule has 0 aliphatic carbocycles. The van der Waals surface area contributed by atoms with Crippen LogP contribution in [-0.4, -0.2) is 78.7 Å². The van der Waals surface area contributed by atoms with Crippen molar-refractivity contribution in [3.63, 3.8) is 0 Å². The zero-order chi connectivity index (χ0) is 27.4. The summed E-state index contributed by atoms with van der Waals surface area (Å²) in [6, 6.07) is 12.3. The summed E-state index contributed by atoms with van der Waals surface area (Å²) in [5.41, 5.74) is 2.35. The Morgan fingerprint density at radius 1 is 1.08 bits per heavy atom. The molecule has 0 saturated carbocycles. The Hall–Kier alpha value is -3.36. The molecule has 3 aliphatic heterocycles. The maximum atomic E-state index is 13.5. The van der Waals surface area contributed by atoms with E-state index in [4.69, 9.17) is 14.2 Å². The number of hydrogen-bond donors (Lipinski definition) is 1. The van der Waals surface area contributed by atoms with E-state index in [2.05, 4.69) is 11.8 Å². The molecule has 1 amide bonds. The van der Waals surface area contributed by atoms with E-state index in [1.807, 2.05) is 43.3 Å². The predicted octanol–water partition coefficient (Wildman–Crippen LogP) is 4.33. The normalized spacial score (nSPS) is 22.7. The molecule has 208 valence electrons. The van der Waals surface area contributed by atoms with Gasteiger partial charge in [-0.05, 0) is 61.2 Å². The lowest BCUT2D eigenvalue weighted by Crippen LogP contribution is -2.38. The van der Waals surface area contributed by atoms with Gasteiger partial charge < -0.3 is 24.2 Å². The van der Waals surface area contributed by atoms with Gasteiger partial charge in [0.05, 0.1) is 31.4 Å². The summed E-state index contributed by atoms with van der Waals surface area (Å²) >= 11 is 0. The third-order valence-corrected chi connectivity index (χ3v) is 7.63. The fourth-order valence-electron chi connectivity index (χ4n) is 5.58. The summed E-state index contributed by atoms with van der Waals surface area (Å²) in [7, 11) is 0. The van der Waals surface area contributed by atoms with Crippen molar-refractivity contribution < 1.29 is 28.9 Å². The third kappa shape index (κ3) is 5.97. The molecule has 0 spiro atoms. The zero-order valence-electron chi connectivity index (χ0n) is 22.9. The van der Waals surface area contributed by atoms with Gasteiger partial charge in [-0.2, -0.15) is 0 Å². The molecule has 3 heterocycles. The fourth-order valence-corrected chi connectivity index (χ4v) is 5.58. The molecule has 8 heteroatoms. The summed E-state index contributed by atoms with van der Waals surface area (Å²) in [6.07, 6.45) is 3.46. The van der Waals surface area contributed by atoms with Crippen molar-refractivity contribution in [2.75, 3.05) is 46.0 Å². The van der Waals surface area contributed by atoms with E-state index in [-0.39, 0.29) is 17.4 Å². The van der Waals surface area contributed by atoms with Gasteiger partial charge in [-0.1, -0.05) is 25.5 Å². The lowest BCUT2D eigenvalue weighted by molar-refractivity contribution is -0.140. The number of morpholine rings is 1. The molecule has 39 heavy (non-hydrogen) atoms. The highest BCUT2D eigenvalue weighted by molar-refractivity contribution is 6.46. The Labute approximate surface area is 230 Å². The number of nitrogens with zero attached hydrogens (tertiary/aromatic N) is 2. The average Bonchev–Trinajstić information content (AvgIpc) is 3.44. The van der Waals surface area contributed by atoms with Gasteiger partial charge in [0.25, 0.3) is 11.7 Å². The first-order valence-corrected chi connectivity index (χ1v) is 14.1. The number of rotatable bonds is 10. The molecule has 0 bridgehead atoms. The number of aliphatic hydroxyl groups excluding tert-OH is 1. The highest BCUT2D eigenvalue weighted by Crippen LogP contribution is 2.41. The molecule has 2 atom stereocenters. The molecule has 1 N–H and O–H groups in total. The second kappa shape index (κ2) is 12.2.